The van der Waals surface area contributed by atoms with Crippen LogP contribution in [-0.4, -0.2) is 58.6 Å². The Kier molecular flexibility index (Phi) is 18.7. The topological polar surface area (TPSA) is 157 Å². The van der Waals surface area contributed by atoms with Gasteiger partial charge >= 0.3 is 0 Å². The maximum Gasteiger partial charge on any atom is 0.164 e. The Bertz CT molecular complexity index is 8630. The van der Waals surface area contributed by atoms with Gasteiger partial charge in [0.15, 0.2) is 52.4 Å². The highest BCUT2D eigenvalue weighted by Gasteiger charge is 2.24. The van der Waals surface area contributed by atoms with Gasteiger partial charge in [-0.3, -0.25) is 0 Å². The highest BCUT2D eigenvalue weighted by atomic mass is 32.1. The molecule has 18 aromatic carbocycles. The number of hydrogen-bond acceptors (Lipinski definition) is 12. The molecular formula is C117H72N12O2S. The van der Waals surface area contributed by atoms with Gasteiger partial charge in [-0.1, -0.05) is 315 Å². The first-order valence-corrected chi connectivity index (χ1v) is 44.7. The number of fused-ring (bicyclic) bond motifs is 18. The van der Waals surface area contributed by atoms with Gasteiger partial charge in [-0.25, -0.2) is 44.9 Å². The van der Waals surface area contributed by atoms with Crippen LogP contribution in [0.3, 0.4) is 0 Å². The Morgan fingerprint density at radius 2 is 0.424 bits per heavy atom. The van der Waals surface area contributed by atoms with E-state index in [1.165, 1.54) is 52.8 Å². The molecule has 0 fully saturated rings. The van der Waals surface area contributed by atoms with Crippen molar-refractivity contribution in [2.45, 2.75) is 0 Å². The van der Waals surface area contributed by atoms with E-state index in [0.717, 1.165) is 144 Å². The number of rotatable bonds is 12. The normalized spacial score (nSPS) is 11.6. The van der Waals surface area contributed by atoms with Crippen molar-refractivity contribution in [3.63, 3.8) is 0 Å². The Hall–Kier alpha value is -17.8. The summed E-state index contributed by atoms with van der Waals surface area (Å²) in [6.45, 7) is 0. The summed E-state index contributed by atoms with van der Waals surface area (Å²) < 4.78 is 22.2. The fraction of sp³-hybridized carbons (Fsp3) is 0. The summed E-state index contributed by atoms with van der Waals surface area (Å²) in [6, 6.07) is 150. The second-order valence-electron chi connectivity index (χ2n) is 32.7. The van der Waals surface area contributed by atoms with Crippen molar-refractivity contribution < 1.29 is 8.83 Å². The van der Waals surface area contributed by atoms with Crippen molar-refractivity contribution in [1.82, 2.24) is 58.6 Å². The number of thiophene rings is 1. The Morgan fingerprint density at radius 1 is 0.152 bits per heavy atom. The van der Waals surface area contributed by atoms with Crippen LogP contribution in [0.5, 0.6) is 0 Å². The van der Waals surface area contributed by atoms with E-state index in [9.17, 15) is 0 Å². The van der Waals surface area contributed by atoms with Crippen LogP contribution >= 0.6 is 11.3 Å². The summed E-state index contributed by atoms with van der Waals surface area (Å²) in [4.78, 5) is 44.3. The van der Waals surface area contributed by atoms with Gasteiger partial charge < -0.3 is 22.5 Å². The van der Waals surface area contributed by atoms with Crippen molar-refractivity contribution in [3.8, 4) is 120 Å². The predicted molar refractivity (Wildman–Crippen MR) is 539 cm³/mol. The number of hydrogen-bond donors (Lipinski definition) is 0. The third kappa shape index (κ3) is 13.7. The number of nitrogens with zero attached hydrogens (tertiary/aromatic N) is 12. The van der Waals surface area contributed by atoms with E-state index in [1.807, 2.05) is 218 Å². The molecule has 0 atom stereocenters. The van der Waals surface area contributed by atoms with E-state index in [0.29, 0.717) is 52.4 Å². The molecule has 0 saturated carbocycles. The van der Waals surface area contributed by atoms with Crippen LogP contribution in [0.1, 0.15) is 0 Å². The van der Waals surface area contributed by atoms with Crippen molar-refractivity contribution in [3.05, 3.63) is 437 Å². The molecule has 9 heterocycles. The van der Waals surface area contributed by atoms with Gasteiger partial charge in [-0.15, -0.1) is 11.3 Å². The van der Waals surface area contributed by atoms with Crippen LogP contribution < -0.4 is 0 Å². The summed E-state index contributed by atoms with van der Waals surface area (Å²) in [5, 5.41) is 14.2. The van der Waals surface area contributed by atoms with Crippen LogP contribution in [0.25, 0.3) is 249 Å². The largest absolute Gasteiger partial charge is 0.456 e. The molecule has 0 aliphatic heterocycles. The zero-order valence-corrected chi connectivity index (χ0v) is 71.5. The molecule has 0 aliphatic rings. The molecule has 0 amide bonds. The van der Waals surface area contributed by atoms with Gasteiger partial charge in [0.05, 0.1) is 33.1 Å². The van der Waals surface area contributed by atoms with E-state index < -0.39 is 0 Å². The molecule has 0 N–H and O–H groups in total. The van der Waals surface area contributed by atoms with Crippen molar-refractivity contribution in [2.24, 2.45) is 0 Å². The van der Waals surface area contributed by atoms with Gasteiger partial charge in [-0.05, 0) is 121 Å². The zero-order chi connectivity index (χ0) is 87.1. The summed E-state index contributed by atoms with van der Waals surface area (Å²) in [7, 11) is 0. The maximum absolute atomic E-state index is 6.26. The quantitative estimate of drug-likeness (QED) is 0.115. The first kappa shape index (κ1) is 76.6. The lowest BCUT2D eigenvalue weighted by atomic mass is 10.1. The van der Waals surface area contributed by atoms with E-state index in [-0.39, 0.29) is 0 Å². The lowest BCUT2D eigenvalue weighted by Gasteiger charge is -2.11. The minimum atomic E-state index is 0.628. The minimum absolute atomic E-state index is 0.628. The zero-order valence-electron chi connectivity index (χ0n) is 70.7. The van der Waals surface area contributed by atoms with Crippen molar-refractivity contribution in [2.75, 3.05) is 0 Å². The average molecular weight is 1710 g/mol. The van der Waals surface area contributed by atoms with E-state index in [4.69, 9.17) is 53.7 Å². The molecular weight excluding hydrogens is 1640 g/mol. The van der Waals surface area contributed by atoms with Crippen LogP contribution in [0, 0.1) is 0 Å². The molecule has 15 heteroatoms. The molecule has 27 rings (SSSR count). The predicted octanol–water partition coefficient (Wildman–Crippen LogP) is 30.1. The van der Waals surface area contributed by atoms with Crippen LogP contribution in [-0.2, 0) is 0 Å². The molecule has 14 nitrogen and oxygen atoms in total. The van der Waals surface area contributed by atoms with Gasteiger partial charge in [0, 0.05) is 141 Å². The molecule has 0 bridgehead atoms. The van der Waals surface area contributed by atoms with Crippen LogP contribution in [0.15, 0.2) is 446 Å². The fourth-order valence-corrected chi connectivity index (χ4v) is 19.7. The number of aromatic nitrogens is 12. The molecule has 0 saturated heterocycles. The molecule has 0 aliphatic carbocycles. The molecule has 9 aromatic heterocycles. The van der Waals surface area contributed by atoms with Gasteiger partial charge in [0.2, 0.25) is 0 Å². The Morgan fingerprint density at radius 3 is 0.788 bits per heavy atom. The SMILES string of the molecule is c1ccc(-c2nc(-c3ccccc3)nc(-c3ccc(-n4c5ccccc5c5cc6oc7ccccc7c6cc54)cc3)n2)cc1.c1ccc(-c2nc(-c3ccccc3)nc(-c3cccc(-n4c5ccccc5c5cc6oc7ccccc7c6cc54)c3)n2)cc1.c1ccc(-c2nc(-c3ccccc3)nc(-c3cccc(-n4c5ccccc5c5cc6sc7ccccc7c6cc54)c3)n2)cc1. The molecule has 0 spiro atoms. The minimum Gasteiger partial charge on any atom is -0.456 e. The summed E-state index contributed by atoms with van der Waals surface area (Å²) in [5.41, 5.74) is 22.1. The van der Waals surface area contributed by atoms with Crippen molar-refractivity contribution in [1.29, 1.82) is 0 Å². The van der Waals surface area contributed by atoms with E-state index in [2.05, 4.69) is 244 Å². The van der Waals surface area contributed by atoms with Crippen LogP contribution in [0.4, 0.5) is 0 Å². The van der Waals surface area contributed by atoms with E-state index >= 15 is 0 Å². The molecule has 0 unspecified atom stereocenters. The molecule has 132 heavy (non-hydrogen) atoms. The molecule has 27 aromatic rings. The van der Waals surface area contributed by atoms with E-state index in [1.54, 1.807) is 0 Å². The number of benzene rings is 18. The van der Waals surface area contributed by atoms with Gasteiger partial charge in [-0.2, -0.15) is 0 Å². The third-order valence-corrected chi connectivity index (χ3v) is 25.9. The highest BCUT2D eigenvalue weighted by Crippen LogP contribution is 2.45. The first-order valence-electron chi connectivity index (χ1n) is 43.9. The first-order chi connectivity index (χ1) is 65.4. The maximum atomic E-state index is 6.26. The molecule has 618 valence electrons. The number of para-hydroxylation sites is 5. The highest BCUT2D eigenvalue weighted by molar-refractivity contribution is 7.25. The standard InChI is InChI=1S/2C39H24N4O.C39H24N4S/c1-3-12-25(13-4-1)37-40-38(26-14-5-2-6-15-26)42-39(41-37)27-16-11-17-28(22-27)43-33-20-9-7-18-29(33)31-24-36-32(23-34(31)43)30-19-8-10-21-35(30)44-36;1-3-11-25(12-4-1)37-40-38(26-13-5-2-6-14-26)42-39(41-37)27-19-21-28(22-20-27)43-33-17-9-7-15-29(33)31-24-36-32(23-34(31)43)30-16-8-10-18-35(30)44-36;1-3-12-25(13-4-1)37-40-38(26-14-5-2-6-15-26)42-39(41-37)27-16-11-17-28(22-27)43-33-20-9-7-18-29(33)31-24-36-32(23-34(31)43)30-19-8-10-21-35(30)44-36/h3*1-24H. The third-order valence-electron chi connectivity index (χ3n) is 24.7. The second kappa shape index (κ2) is 32.3. The summed E-state index contributed by atoms with van der Waals surface area (Å²) in [5.74, 6) is 5.81. The Labute approximate surface area is 759 Å². The summed E-state index contributed by atoms with van der Waals surface area (Å²) >= 11 is 1.86. The van der Waals surface area contributed by atoms with Crippen molar-refractivity contribution >= 4 is 141 Å². The lowest BCUT2D eigenvalue weighted by Crippen LogP contribution is -2.01. The van der Waals surface area contributed by atoms with Crippen LogP contribution in [0.2, 0.25) is 0 Å². The second-order valence-corrected chi connectivity index (χ2v) is 33.8. The average Bonchev–Trinajstić information content (AvgIpc) is 1.58. The summed E-state index contributed by atoms with van der Waals surface area (Å²) in [6.07, 6.45) is 0. The van der Waals surface area contributed by atoms with Gasteiger partial charge in [0.1, 0.15) is 22.3 Å². The Balaban J connectivity index is 0.000000106. The smallest absolute Gasteiger partial charge is 0.164 e. The van der Waals surface area contributed by atoms with Gasteiger partial charge in [0.25, 0.3) is 0 Å². The fourth-order valence-electron chi connectivity index (χ4n) is 18.5. The monoisotopic (exact) mass is 1710 g/mol. The lowest BCUT2D eigenvalue weighted by molar-refractivity contribution is 0.669. The number of furan rings is 2. The molecule has 0 radical (unpaired) electrons.